The third kappa shape index (κ3) is 14.3. The Bertz CT molecular complexity index is 325. The molecular weight excluding hydrogens is 330 g/mol. The number of methoxy groups -OCH3 is 1. The summed E-state index contributed by atoms with van der Waals surface area (Å²) in [7, 11) is 1.89. The lowest BCUT2D eigenvalue weighted by Gasteiger charge is -2.27. The van der Waals surface area contributed by atoms with E-state index in [1.165, 1.54) is 95.6 Å². The Morgan fingerprint density at radius 1 is 0.667 bits per heavy atom. The molecule has 0 saturated heterocycles. The van der Waals surface area contributed by atoms with Gasteiger partial charge in [-0.05, 0) is 39.0 Å². The van der Waals surface area contributed by atoms with Gasteiger partial charge in [0.25, 0.3) is 0 Å². The van der Waals surface area contributed by atoms with Gasteiger partial charge in [0.15, 0.2) is 0 Å². The minimum Gasteiger partial charge on any atom is -0.376 e. The number of unbranched alkanes of at least 4 members (excludes halogenated alkanes) is 9. The summed E-state index contributed by atoms with van der Waals surface area (Å²) in [6, 6.07) is 0.363. The highest BCUT2D eigenvalue weighted by Gasteiger charge is 2.24. The average Bonchev–Trinajstić information content (AvgIpc) is 2.65. The van der Waals surface area contributed by atoms with Crippen molar-refractivity contribution in [3.63, 3.8) is 0 Å². The first-order valence-electron chi connectivity index (χ1n) is 12.2. The molecule has 0 aromatic carbocycles. The van der Waals surface area contributed by atoms with Gasteiger partial charge < -0.3 is 4.74 Å². The van der Waals surface area contributed by atoms with Crippen LogP contribution in [0.1, 0.15) is 131 Å². The SMILES string of the molecule is CCCCCCC(CCCCCC)C(=NC(C)C)C(CCCCCC)OC. The van der Waals surface area contributed by atoms with E-state index in [0.29, 0.717) is 12.0 Å². The van der Waals surface area contributed by atoms with Crippen LogP contribution in [0.2, 0.25) is 0 Å². The molecule has 0 aliphatic heterocycles. The predicted molar refractivity (Wildman–Crippen MR) is 123 cm³/mol. The Morgan fingerprint density at radius 2 is 1.11 bits per heavy atom. The lowest BCUT2D eigenvalue weighted by Crippen LogP contribution is -2.31. The number of aliphatic imine (C=N–C) groups is 1. The summed E-state index contributed by atoms with van der Waals surface area (Å²) in [5.74, 6) is 0.622. The van der Waals surface area contributed by atoms with Crippen LogP contribution in [0.5, 0.6) is 0 Å². The molecular formula is C25H51NO. The highest BCUT2D eigenvalue weighted by Crippen LogP contribution is 2.25. The van der Waals surface area contributed by atoms with Crippen LogP contribution in [0.3, 0.4) is 0 Å². The highest BCUT2D eigenvalue weighted by molar-refractivity contribution is 5.91. The van der Waals surface area contributed by atoms with Crippen molar-refractivity contribution in [1.82, 2.24) is 0 Å². The zero-order valence-corrected chi connectivity index (χ0v) is 19.7. The summed E-state index contributed by atoms with van der Waals surface area (Å²) in [6.07, 6.45) is 20.0. The molecule has 27 heavy (non-hydrogen) atoms. The molecule has 0 aromatic rings. The molecule has 1 unspecified atom stereocenters. The van der Waals surface area contributed by atoms with E-state index < -0.39 is 0 Å². The van der Waals surface area contributed by atoms with E-state index in [4.69, 9.17) is 9.73 Å². The Labute approximate surface area is 172 Å². The molecule has 2 heteroatoms. The Hall–Kier alpha value is -0.370. The predicted octanol–water partition coefficient (Wildman–Crippen LogP) is 8.38. The first-order valence-corrected chi connectivity index (χ1v) is 12.2. The van der Waals surface area contributed by atoms with Gasteiger partial charge in [-0.25, -0.2) is 0 Å². The van der Waals surface area contributed by atoms with Crippen LogP contribution in [-0.2, 0) is 4.74 Å². The second-order valence-electron chi connectivity index (χ2n) is 8.62. The number of ether oxygens (including phenoxy) is 1. The summed E-state index contributed by atoms with van der Waals surface area (Å²) in [5, 5.41) is 0. The molecule has 0 aliphatic carbocycles. The second-order valence-corrected chi connectivity index (χ2v) is 8.62. The topological polar surface area (TPSA) is 21.6 Å². The van der Waals surface area contributed by atoms with E-state index in [9.17, 15) is 0 Å². The maximum atomic E-state index is 6.00. The number of hydrogen-bond acceptors (Lipinski definition) is 2. The van der Waals surface area contributed by atoms with Gasteiger partial charge in [0, 0.05) is 18.9 Å². The van der Waals surface area contributed by atoms with E-state index in [-0.39, 0.29) is 6.10 Å². The molecule has 0 aromatic heterocycles. The fourth-order valence-corrected chi connectivity index (χ4v) is 3.97. The van der Waals surface area contributed by atoms with E-state index in [1.807, 2.05) is 7.11 Å². The summed E-state index contributed by atoms with van der Waals surface area (Å²) >= 11 is 0. The second kappa shape index (κ2) is 19.0. The van der Waals surface area contributed by atoms with Gasteiger partial charge in [0.1, 0.15) is 0 Å². The fourth-order valence-electron chi connectivity index (χ4n) is 3.97. The molecule has 0 rings (SSSR count). The van der Waals surface area contributed by atoms with Crippen LogP contribution < -0.4 is 0 Å². The van der Waals surface area contributed by atoms with E-state index in [2.05, 4.69) is 34.6 Å². The summed E-state index contributed by atoms with van der Waals surface area (Å²) in [4.78, 5) is 5.14. The first-order chi connectivity index (χ1) is 13.1. The third-order valence-corrected chi connectivity index (χ3v) is 5.57. The highest BCUT2D eigenvalue weighted by atomic mass is 16.5. The van der Waals surface area contributed by atoms with Gasteiger partial charge in [0.05, 0.1) is 6.10 Å². The minimum atomic E-state index is 0.228. The quantitative estimate of drug-likeness (QED) is 0.163. The van der Waals surface area contributed by atoms with Crippen LogP contribution >= 0.6 is 0 Å². The van der Waals surface area contributed by atoms with Crippen LogP contribution in [0.15, 0.2) is 4.99 Å². The molecule has 162 valence electrons. The van der Waals surface area contributed by atoms with Crippen molar-refractivity contribution in [2.75, 3.05) is 7.11 Å². The molecule has 0 N–H and O–H groups in total. The largest absolute Gasteiger partial charge is 0.376 e. The molecule has 0 amide bonds. The fraction of sp³-hybridized carbons (Fsp3) is 0.960. The molecule has 2 nitrogen and oxygen atoms in total. The van der Waals surface area contributed by atoms with E-state index >= 15 is 0 Å². The van der Waals surface area contributed by atoms with Gasteiger partial charge in [-0.1, -0.05) is 97.8 Å². The summed E-state index contributed by atoms with van der Waals surface area (Å²) < 4.78 is 6.00. The molecule has 0 fully saturated rings. The average molecular weight is 382 g/mol. The zero-order valence-electron chi connectivity index (χ0n) is 19.7. The number of nitrogens with zero attached hydrogens (tertiary/aromatic N) is 1. The lowest BCUT2D eigenvalue weighted by molar-refractivity contribution is 0.139. The zero-order chi connectivity index (χ0) is 20.3. The smallest absolute Gasteiger partial charge is 0.0950 e. The molecule has 0 aliphatic rings. The normalized spacial score (nSPS) is 13.7. The summed E-state index contributed by atoms with van der Waals surface area (Å²) in [6.45, 7) is 11.3. The van der Waals surface area contributed by atoms with Gasteiger partial charge >= 0.3 is 0 Å². The maximum absolute atomic E-state index is 6.00. The molecule has 0 bridgehead atoms. The van der Waals surface area contributed by atoms with Gasteiger partial charge in [-0.15, -0.1) is 0 Å². The molecule has 0 saturated carbocycles. The Balaban J connectivity index is 5.05. The van der Waals surface area contributed by atoms with Crippen LogP contribution in [-0.4, -0.2) is 25.0 Å². The van der Waals surface area contributed by atoms with E-state index in [0.717, 1.165) is 6.42 Å². The molecule has 0 spiro atoms. The van der Waals surface area contributed by atoms with Crippen molar-refractivity contribution in [3.05, 3.63) is 0 Å². The maximum Gasteiger partial charge on any atom is 0.0950 e. The standard InChI is InChI=1S/C25H51NO/c1-7-10-13-16-19-23(20-17-14-11-8-2)25(26-22(4)5)24(27-6)21-18-15-12-9-3/h22-24H,7-21H2,1-6H3. The van der Waals surface area contributed by atoms with Crippen molar-refractivity contribution in [3.8, 4) is 0 Å². The van der Waals surface area contributed by atoms with Crippen molar-refractivity contribution in [2.45, 2.75) is 143 Å². The first kappa shape index (κ1) is 26.6. The minimum absolute atomic E-state index is 0.228. The number of hydrogen-bond donors (Lipinski definition) is 0. The molecule has 0 heterocycles. The third-order valence-electron chi connectivity index (χ3n) is 5.57. The molecule has 0 radical (unpaired) electrons. The monoisotopic (exact) mass is 381 g/mol. The number of rotatable bonds is 19. The Morgan fingerprint density at radius 3 is 1.48 bits per heavy atom. The van der Waals surface area contributed by atoms with Crippen LogP contribution in [0.25, 0.3) is 0 Å². The van der Waals surface area contributed by atoms with Crippen molar-refractivity contribution in [2.24, 2.45) is 10.9 Å². The summed E-state index contributed by atoms with van der Waals surface area (Å²) in [5.41, 5.74) is 1.39. The molecule has 1 atom stereocenters. The van der Waals surface area contributed by atoms with Gasteiger partial charge in [0.2, 0.25) is 0 Å². The lowest BCUT2D eigenvalue weighted by atomic mass is 9.86. The van der Waals surface area contributed by atoms with E-state index in [1.54, 1.807) is 0 Å². The van der Waals surface area contributed by atoms with Crippen molar-refractivity contribution in [1.29, 1.82) is 0 Å². The van der Waals surface area contributed by atoms with Gasteiger partial charge in [-0.2, -0.15) is 0 Å². The van der Waals surface area contributed by atoms with Crippen LogP contribution in [0.4, 0.5) is 0 Å². The van der Waals surface area contributed by atoms with Crippen molar-refractivity contribution >= 4 is 5.71 Å². The Kier molecular flexibility index (Phi) is 18.7. The van der Waals surface area contributed by atoms with Gasteiger partial charge in [-0.3, -0.25) is 4.99 Å². The van der Waals surface area contributed by atoms with Crippen LogP contribution in [0, 0.1) is 5.92 Å². The van der Waals surface area contributed by atoms with Crippen molar-refractivity contribution < 1.29 is 4.74 Å².